The summed E-state index contributed by atoms with van der Waals surface area (Å²) < 4.78 is 1.66. The maximum atomic E-state index is 11.7. The van der Waals surface area contributed by atoms with Crippen molar-refractivity contribution in [1.29, 1.82) is 0 Å². The third-order valence-electron chi connectivity index (χ3n) is 2.68. The van der Waals surface area contributed by atoms with E-state index in [9.17, 15) is 4.79 Å². The summed E-state index contributed by atoms with van der Waals surface area (Å²) in [4.78, 5) is 13.6. The van der Waals surface area contributed by atoms with Crippen LogP contribution in [-0.4, -0.2) is 33.7 Å². The van der Waals surface area contributed by atoms with Gasteiger partial charge >= 0.3 is 0 Å². The van der Waals surface area contributed by atoms with E-state index in [1.54, 1.807) is 10.9 Å². The molecule has 0 radical (unpaired) electrons. The standard InChI is InChI=1S/C10H16N4O/c11-5-9-6-12-14(7-9)8-10(15)13-3-1-2-4-13/h6-7H,1-5,8,11H2. The second-order valence-electron chi connectivity index (χ2n) is 3.84. The average Bonchev–Trinajstić information content (AvgIpc) is 2.87. The third-order valence-corrected chi connectivity index (χ3v) is 2.68. The molecule has 15 heavy (non-hydrogen) atoms. The number of amides is 1. The molecule has 5 heteroatoms. The Kier molecular flexibility index (Phi) is 3.01. The summed E-state index contributed by atoms with van der Waals surface area (Å²) in [5.74, 6) is 0.152. The summed E-state index contributed by atoms with van der Waals surface area (Å²) in [6.07, 6.45) is 5.78. The van der Waals surface area contributed by atoms with Gasteiger partial charge in [0.05, 0.1) is 6.20 Å². The van der Waals surface area contributed by atoms with Gasteiger partial charge in [0, 0.05) is 31.4 Å². The Hall–Kier alpha value is -1.36. The summed E-state index contributed by atoms with van der Waals surface area (Å²) >= 11 is 0. The lowest BCUT2D eigenvalue weighted by atomic mass is 10.4. The number of hydrogen-bond donors (Lipinski definition) is 1. The van der Waals surface area contributed by atoms with Crippen molar-refractivity contribution < 1.29 is 4.79 Å². The molecule has 0 atom stereocenters. The van der Waals surface area contributed by atoms with Crippen LogP contribution in [0.5, 0.6) is 0 Å². The fourth-order valence-corrected chi connectivity index (χ4v) is 1.80. The van der Waals surface area contributed by atoms with Gasteiger partial charge in [-0.25, -0.2) is 0 Å². The number of likely N-dealkylation sites (tertiary alicyclic amines) is 1. The first-order valence-electron chi connectivity index (χ1n) is 5.29. The first kappa shape index (κ1) is 10.2. The van der Waals surface area contributed by atoms with Crippen molar-refractivity contribution in [2.45, 2.75) is 25.9 Å². The molecular formula is C10H16N4O. The highest BCUT2D eigenvalue weighted by atomic mass is 16.2. The lowest BCUT2D eigenvalue weighted by Crippen LogP contribution is -2.31. The largest absolute Gasteiger partial charge is 0.341 e. The Balaban J connectivity index is 1.92. The number of nitrogens with two attached hydrogens (primary N) is 1. The monoisotopic (exact) mass is 208 g/mol. The molecule has 0 aliphatic carbocycles. The molecular weight excluding hydrogens is 192 g/mol. The van der Waals surface area contributed by atoms with E-state index < -0.39 is 0 Å². The van der Waals surface area contributed by atoms with Crippen LogP contribution in [0.2, 0.25) is 0 Å². The fourth-order valence-electron chi connectivity index (χ4n) is 1.80. The van der Waals surface area contributed by atoms with Crippen molar-refractivity contribution in [3.63, 3.8) is 0 Å². The average molecular weight is 208 g/mol. The molecule has 1 fully saturated rings. The molecule has 0 bridgehead atoms. The lowest BCUT2D eigenvalue weighted by molar-refractivity contribution is -0.130. The Bertz CT molecular complexity index is 341. The number of carbonyl (C=O) groups is 1. The molecule has 1 aromatic rings. The van der Waals surface area contributed by atoms with E-state index in [0.29, 0.717) is 13.1 Å². The molecule has 2 N–H and O–H groups in total. The molecule has 2 heterocycles. The van der Waals surface area contributed by atoms with Crippen LogP contribution in [0.25, 0.3) is 0 Å². The molecule has 0 saturated carbocycles. The number of nitrogens with zero attached hydrogens (tertiary/aromatic N) is 3. The third kappa shape index (κ3) is 2.36. The number of rotatable bonds is 3. The van der Waals surface area contributed by atoms with Crippen molar-refractivity contribution in [3.8, 4) is 0 Å². The molecule has 1 aromatic heterocycles. The topological polar surface area (TPSA) is 64.1 Å². The summed E-state index contributed by atoms with van der Waals surface area (Å²) in [5.41, 5.74) is 6.43. The molecule has 5 nitrogen and oxygen atoms in total. The maximum Gasteiger partial charge on any atom is 0.244 e. The molecule has 1 amide bonds. The van der Waals surface area contributed by atoms with Gasteiger partial charge in [-0.3, -0.25) is 9.48 Å². The first-order chi connectivity index (χ1) is 7.29. The minimum absolute atomic E-state index is 0.152. The summed E-state index contributed by atoms with van der Waals surface area (Å²) in [6, 6.07) is 0. The van der Waals surface area contributed by atoms with Crippen molar-refractivity contribution in [2.75, 3.05) is 13.1 Å². The van der Waals surface area contributed by atoms with Crippen LogP contribution in [0.4, 0.5) is 0 Å². The van der Waals surface area contributed by atoms with Crippen LogP contribution >= 0.6 is 0 Å². The van der Waals surface area contributed by atoms with E-state index in [0.717, 1.165) is 31.5 Å². The van der Waals surface area contributed by atoms with Crippen LogP contribution in [0.3, 0.4) is 0 Å². The predicted molar refractivity (Wildman–Crippen MR) is 55.9 cm³/mol. The molecule has 82 valence electrons. The van der Waals surface area contributed by atoms with Crippen molar-refractivity contribution in [3.05, 3.63) is 18.0 Å². The number of aromatic nitrogens is 2. The summed E-state index contributed by atoms with van der Waals surface area (Å²) in [7, 11) is 0. The van der Waals surface area contributed by atoms with Crippen LogP contribution in [0.15, 0.2) is 12.4 Å². The van der Waals surface area contributed by atoms with E-state index >= 15 is 0 Å². The van der Waals surface area contributed by atoms with Crippen molar-refractivity contribution in [1.82, 2.24) is 14.7 Å². The fraction of sp³-hybridized carbons (Fsp3) is 0.600. The Labute approximate surface area is 88.8 Å². The molecule has 0 unspecified atom stereocenters. The van der Waals surface area contributed by atoms with Gasteiger partial charge in [0.1, 0.15) is 6.54 Å². The Morgan fingerprint density at radius 3 is 2.80 bits per heavy atom. The van der Waals surface area contributed by atoms with Crippen LogP contribution in [0.1, 0.15) is 18.4 Å². The summed E-state index contributed by atoms with van der Waals surface area (Å²) in [5, 5.41) is 4.09. The van der Waals surface area contributed by atoms with Gasteiger partial charge in [0.2, 0.25) is 5.91 Å². The highest BCUT2D eigenvalue weighted by molar-refractivity contribution is 5.76. The van der Waals surface area contributed by atoms with Crippen molar-refractivity contribution in [2.24, 2.45) is 5.73 Å². The second-order valence-corrected chi connectivity index (χ2v) is 3.84. The molecule has 2 rings (SSSR count). The van der Waals surface area contributed by atoms with Crippen LogP contribution in [0, 0.1) is 0 Å². The highest BCUT2D eigenvalue weighted by Gasteiger charge is 2.18. The van der Waals surface area contributed by atoms with Gasteiger partial charge in [-0.15, -0.1) is 0 Å². The van der Waals surface area contributed by atoms with E-state index in [2.05, 4.69) is 5.10 Å². The normalized spacial score (nSPS) is 15.9. The lowest BCUT2D eigenvalue weighted by Gasteiger charge is -2.14. The van der Waals surface area contributed by atoms with E-state index in [1.807, 2.05) is 11.1 Å². The molecule has 0 aromatic carbocycles. The minimum Gasteiger partial charge on any atom is -0.341 e. The van der Waals surface area contributed by atoms with Crippen LogP contribution < -0.4 is 5.73 Å². The number of carbonyl (C=O) groups excluding carboxylic acids is 1. The summed E-state index contributed by atoms with van der Waals surface area (Å²) in [6.45, 7) is 2.59. The highest BCUT2D eigenvalue weighted by Crippen LogP contribution is 2.08. The van der Waals surface area contributed by atoms with Gasteiger partial charge in [-0.05, 0) is 12.8 Å². The zero-order valence-corrected chi connectivity index (χ0v) is 8.72. The van der Waals surface area contributed by atoms with E-state index in [4.69, 9.17) is 5.73 Å². The van der Waals surface area contributed by atoms with Gasteiger partial charge in [0.15, 0.2) is 0 Å². The molecule has 1 saturated heterocycles. The van der Waals surface area contributed by atoms with Gasteiger partial charge in [0.25, 0.3) is 0 Å². The van der Waals surface area contributed by atoms with Gasteiger partial charge < -0.3 is 10.6 Å². The smallest absolute Gasteiger partial charge is 0.244 e. The maximum absolute atomic E-state index is 11.7. The molecule has 1 aliphatic heterocycles. The SMILES string of the molecule is NCc1cnn(CC(=O)N2CCCC2)c1. The van der Waals surface area contributed by atoms with E-state index in [1.165, 1.54) is 0 Å². The van der Waals surface area contributed by atoms with Crippen LogP contribution in [-0.2, 0) is 17.9 Å². The molecule has 1 aliphatic rings. The zero-order valence-electron chi connectivity index (χ0n) is 8.72. The zero-order chi connectivity index (χ0) is 10.7. The quantitative estimate of drug-likeness (QED) is 0.758. The number of hydrogen-bond acceptors (Lipinski definition) is 3. The predicted octanol–water partition coefficient (Wildman–Crippen LogP) is -0.0358. The Morgan fingerprint density at radius 1 is 1.47 bits per heavy atom. The van der Waals surface area contributed by atoms with Gasteiger partial charge in [-0.1, -0.05) is 0 Å². The van der Waals surface area contributed by atoms with Gasteiger partial charge in [-0.2, -0.15) is 5.10 Å². The second kappa shape index (κ2) is 4.44. The van der Waals surface area contributed by atoms with E-state index in [-0.39, 0.29) is 5.91 Å². The molecule has 0 spiro atoms. The van der Waals surface area contributed by atoms with Crippen molar-refractivity contribution >= 4 is 5.91 Å². The first-order valence-corrected chi connectivity index (χ1v) is 5.29. The minimum atomic E-state index is 0.152. The Morgan fingerprint density at radius 2 is 2.20 bits per heavy atom.